The van der Waals surface area contributed by atoms with Crippen LogP contribution in [0.25, 0.3) is 0 Å². The third-order valence-electron chi connectivity index (χ3n) is 13.0. The lowest BCUT2D eigenvalue weighted by atomic mass is 9.34. The number of rotatable bonds is 3. The maximum Gasteiger partial charge on any atom is 0.310 e. The Balaban J connectivity index is 1.62. The van der Waals surface area contributed by atoms with Crippen molar-refractivity contribution in [3.63, 3.8) is 0 Å². The van der Waals surface area contributed by atoms with Crippen molar-refractivity contribution in [3.8, 4) is 0 Å². The molecule has 4 nitrogen and oxygen atoms in total. The first-order chi connectivity index (χ1) is 15.8. The van der Waals surface area contributed by atoms with Crippen LogP contribution in [0.3, 0.4) is 0 Å². The van der Waals surface area contributed by atoms with E-state index in [0.717, 1.165) is 63.4 Å². The van der Waals surface area contributed by atoms with E-state index in [4.69, 9.17) is 0 Å². The lowest BCUT2D eigenvalue weighted by Gasteiger charge is -2.70. The zero-order valence-electron chi connectivity index (χ0n) is 22.0. The summed E-state index contributed by atoms with van der Waals surface area (Å²) in [5.74, 6) is 0.513. The lowest BCUT2D eigenvalue weighted by Crippen LogP contribution is -2.65. The summed E-state index contributed by atoms with van der Waals surface area (Å²) in [6.07, 6.45) is 10.3. The van der Waals surface area contributed by atoms with E-state index in [1.165, 1.54) is 5.57 Å². The summed E-state index contributed by atoms with van der Waals surface area (Å²) in [5, 5.41) is 31.8. The molecule has 0 saturated heterocycles. The molecule has 4 saturated carbocycles. The fourth-order valence-corrected chi connectivity index (χ4v) is 10.7. The molecule has 0 radical (unpaired) electrons. The molecule has 0 aromatic heterocycles. The summed E-state index contributed by atoms with van der Waals surface area (Å²) in [6.45, 7) is 16.0. The van der Waals surface area contributed by atoms with E-state index >= 15 is 0 Å². The second-order valence-electron chi connectivity index (χ2n) is 13.9. The molecule has 5 aliphatic carbocycles. The average Bonchev–Trinajstić information content (AvgIpc) is 3.18. The van der Waals surface area contributed by atoms with E-state index in [1.54, 1.807) is 0 Å². The summed E-state index contributed by atoms with van der Waals surface area (Å²) in [6, 6.07) is 0. The van der Waals surface area contributed by atoms with E-state index < -0.39 is 22.9 Å². The first-order valence-electron chi connectivity index (χ1n) is 13.7. The Morgan fingerprint density at radius 2 is 1.74 bits per heavy atom. The first-order valence-corrected chi connectivity index (χ1v) is 13.7. The van der Waals surface area contributed by atoms with Gasteiger partial charge >= 0.3 is 5.97 Å². The zero-order chi connectivity index (χ0) is 24.9. The van der Waals surface area contributed by atoms with Crippen molar-refractivity contribution in [1.82, 2.24) is 0 Å². The highest BCUT2D eigenvalue weighted by Crippen LogP contribution is 2.76. The molecule has 4 heteroatoms. The number of aliphatic carboxylic acids is 1. The summed E-state index contributed by atoms with van der Waals surface area (Å²) < 4.78 is 0. The number of aliphatic hydroxyl groups excluding tert-OH is 2. The van der Waals surface area contributed by atoms with Gasteiger partial charge in [-0.15, -0.1) is 0 Å². The molecule has 5 aliphatic rings. The van der Waals surface area contributed by atoms with Gasteiger partial charge in [-0.3, -0.25) is 4.79 Å². The van der Waals surface area contributed by atoms with Crippen LogP contribution >= 0.6 is 0 Å². The van der Waals surface area contributed by atoms with Gasteiger partial charge < -0.3 is 15.3 Å². The zero-order valence-corrected chi connectivity index (χ0v) is 22.0. The van der Waals surface area contributed by atoms with Crippen LogP contribution in [0.4, 0.5) is 0 Å². The van der Waals surface area contributed by atoms with E-state index in [9.17, 15) is 20.1 Å². The predicted molar refractivity (Wildman–Crippen MR) is 134 cm³/mol. The molecule has 190 valence electrons. The number of carbonyl (C=O) groups is 1. The van der Waals surface area contributed by atoms with Crippen LogP contribution in [-0.2, 0) is 4.79 Å². The van der Waals surface area contributed by atoms with Crippen LogP contribution in [-0.4, -0.2) is 34.0 Å². The third-order valence-corrected chi connectivity index (χ3v) is 13.0. The number of carboxylic acid groups (broad SMARTS) is 1. The van der Waals surface area contributed by atoms with Crippen molar-refractivity contribution >= 4 is 5.97 Å². The Kier molecular flexibility index (Phi) is 5.38. The average molecular weight is 471 g/mol. The van der Waals surface area contributed by atoms with Gasteiger partial charge in [0, 0.05) is 11.3 Å². The second-order valence-corrected chi connectivity index (χ2v) is 13.9. The number of fused-ring (bicyclic) bond motifs is 7. The van der Waals surface area contributed by atoms with Crippen molar-refractivity contribution in [1.29, 1.82) is 0 Å². The van der Waals surface area contributed by atoms with Gasteiger partial charge in [0.15, 0.2) is 0 Å². The van der Waals surface area contributed by atoms with E-state index in [1.807, 2.05) is 0 Å². The quantitative estimate of drug-likeness (QED) is 0.443. The summed E-state index contributed by atoms with van der Waals surface area (Å²) in [4.78, 5) is 12.7. The van der Waals surface area contributed by atoms with Gasteiger partial charge in [0.25, 0.3) is 0 Å². The molecule has 0 heterocycles. The molecule has 34 heavy (non-hydrogen) atoms. The van der Waals surface area contributed by atoms with Gasteiger partial charge in [0.2, 0.25) is 0 Å². The normalized spacial score (nSPS) is 54.2. The smallest absolute Gasteiger partial charge is 0.310 e. The van der Waals surface area contributed by atoms with Crippen LogP contribution in [0, 0.1) is 50.7 Å². The predicted octanol–water partition coefficient (Wildman–Crippen LogP) is 5.98. The monoisotopic (exact) mass is 470 g/mol. The molecule has 10 atom stereocenters. The maximum atomic E-state index is 12.7. The molecule has 0 bridgehead atoms. The molecule has 4 fully saturated rings. The number of aliphatic hydroxyl groups is 2. The van der Waals surface area contributed by atoms with Gasteiger partial charge in [0.1, 0.15) is 0 Å². The fraction of sp³-hybridized carbons (Fsp3) is 0.833. The summed E-state index contributed by atoms with van der Waals surface area (Å²) in [7, 11) is 0. The van der Waals surface area contributed by atoms with Crippen LogP contribution in [0.15, 0.2) is 23.8 Å². The van der Waals surface area contributed by atoms with Gasteiger partial charge in [-0.1, -0.05) is 51.5 Å². The molecule has 0 aromatic rings. The Bertz CT molecular complexity index is 938. The van der Waals surface area contributed by atoms with Gasteiger partial charge in [0.05, 0.1) is 18.1 Å². The van der Waals surface area contributed by atoms with Crippen molar-refractivity contribution in [2.45, 2.75) is 98.5 Å². The minimum Gasteiger partial charge on any atom is -0.481 e. The first kappa shape index (κ1) is 24.6. The van der Waals surface area contributed by atoms with E-state index in [-0.39, 0.29) is 34.7 Å². The standard InChI is InChI=1S/C30H46O4/c1-18(2)19-9-14-30(25(33)34)16-15-28(5)20(24(19)30)7-8-22-26(3)12-11-23(32)27(4,17-31)21(26)10-13-29(22,28)6/h7,19,21-24,31-32H,1,8-17H2,2-6H3,(H,33,34)/t19-,21?,22?,23-,24?,26-,27?,28+,29+,30-/m0/s1. The molecule has 0 spiro atoms. The van der Waals surface area contributed by atoms with Crippen molar-refractivity contribution < 1.29 is 20.1 Å². The van der Waals surface area contributed by atoms with Gasteiger partial charge in [-0.25, -0.2) is 0 Å². The van der Waals surface area contributed by atoms with Crippen molar-refractivity contribution in [2.75, 3.05) is 6.61 Å². The van der Waals surface area contributed by atoms with Gasteiger partial charge in [-0.05, 0) is 98.7 Å². The lowest BCUT2D eigenvalue weighted by molar-refractivity contribution is -0.214. The SMILES string of the molecule is C=C(C)[C@@H]1CC[C@]2(C(=O)O)CC[C@]3(C)C(=CCC4[C@@]5(C)CC[C@H](O)C(C)(CO)C5CC[C@]43C)C12. The van der Waals surface area contributed by atoms with Gasteiger partial charge in [-0.2, -0.15) is 0 Å². The second kappa shape index (κ2) is 7.44. The minimum atomic E-state index is -0.635. The third kappa shape index (κ3) is 2.71. The minimum absolute atomic E-state index is 0.0166. The van der Waals surface area contributed by atoms with E-state index in [0.29, 0.717) is 11.8 Å². The van der Waals surface area contributed by atoms with E-state index in [2.05, 4.69) is 47.3 Å². The Morgan fingerprint density at radius 1 is 1.03 bits per heavy atom. The highest BCUT2D eigenvalue weighted by molar-refractivity contribution is 5.77. The molecule has 0 aliphatic heterocycles. The molecular formula is C30H46O4. The highest BCUT2D eigenvalue weighted by atomic mass is 16.4. The molecular weight excluding hydrogens is 424 g/mol. The molecule has 4 unspecified atom stereocenters. The number of hydrogen-bond acceptors (Lipinski definition) is 3. The summed E-state index contributed by atoms with van der Waals surface area (Å²) >= 11 is 0. The molecule has 3 N–H and O–H groups in total. The molecule has 0 amide bonds. The van der Waals surface area contributed by atoms with Crippen LogP contribution < -0.4 is 0 Å². The number of hydrogen-bond donors (Lipinski definition) is 3. The molecule has 5 rings (SSSR count). The largest absolute Gasteiger partial charge is 0.481 e. The van der Waals surface area contributed by atoms with Crippen molar-refractivity contribution in [2.24, 2.45) is 50.7 Å². The Labute approximate surface area is 205 Å². The topological polar surface area (TPSA) is 77.8 Å². The number of allylic oxidation sites excluding steroid dienone is 3. The van der Waals surface area contributed by atoms with Crippen LogP contribution in [0.1, 0.15) is 92.4 Å². The van der Waals surface area contributed by atoms with Crippen molar-refractivity contribution in [3.05, 3.63) is 23.8 Å². The van der Waals surface area contributed by atoms with Crippen LogP contribution in [0.5, 0.6) is 0 Å². The Morgan fingerprint density at radius 3 is 2.35 bits per heavy atom. The Hall–Kier alpha value is -1.13. The van der Waals surface area contributed by atoms with Crippen LogP contribution in [0.2, 0.25) is 0 Å². The highest BCUT2D eigenvalue weighted by Gasteiger charge is 2.70. The maximum absolute atomic E-state index is 12.7. The molecule has 0 aromatic carbocycles. The number of carboxylic acids is 1. The fourth-order valence-electron chi connectivity index (χ4n) is 10.7. The summed E-state index contributed by atoms with van der Waals surface area (Å²) in [5.41, 5.74) is 1.63.